The van der Waals surface area contributed by atoms with Gasteiger partial charge in [0.05, 0.1) is 31.5 Å². The molecule has 2 aromatic carbocycles. The molecule has 1 saturated heterocycles. The van der Waals surface area contributed by atoms with Crippen molar-refractivity contribution in [1.82, 2.24) is 4.98 Å². The Labute approximate surface area is 186 Å². The number of thiazole rings is 1. The molecule has 7 nitrogen and oxygen atoms in total. The predicted molar refractivity (Wildman–Crippen MR) is 116 cm³/mol. The number of hydrogen-bond acceptors (Lipinski definition) is 6. The lowest BCUT2D eigenvalue weighted by molar-refractivity contribution is -0.122. The molecular formula is C22H19F2N3O4S. The first kappa shape index (κ1) is 21.7. The van der Waals surface area contributed by atoms with Crippen LogP contribution in [0.25, 0.3) is 11.3 Å². The van der Waals surface area contributed by atoms with Gasteiger partial charge in [0.1, 0.15) is 23.1 Å². The maximum atomic E-state index is 14.0. The molecule has 2 heterocycles. The summed E-state index contributed by atoms with van der Waals surface area (Å²) in [5.74, 6) is -1.38. The van der Waals surface area contributed by atoms with Crippen molar-refractivity contribution in [2.75, 3.05) is 31.0 Å². The average molecular weight is 459 g/mol. The normalized spacial score (nSPS) is 15.7. The zero-order chi connectivity index (χ0) is 22.8. The molecule has 1 aliphatic heterocycles. The number of rotatable bonds is 6. The Bertz CT molecular complexity index is 1180. The molecule has 0 radical (unpaired) electrons. The van der Waals surface area contributed by atoms with Crippen LogP contribution in [0.1, 0.15) is 6.42 Å². The number of nitrogens with one attached hydrogen (secondary N) is 1. The van der Waals surface area contributed by atoms with Crippen molar-refractivity contribution in [2.45, 2.75) is 6.42 Å². The molecule has 0 saturated carbocycles. The van der Waals surface area contributed by atoms with Crippen LogP contribution in [0.5, 0.6) is 11.5 Å². The summed E-state index contributed by atoms with van der Waals surface area (Å²) in [6.45, 7) is 0.158. The Morgan fingerprint density at radius 1 is 1.19 bits per heavy atom. The molecule has 0 bridgehead atoms. The van der Waals surface area contributed by atoms with Gasteiger partial charge >= 0.3 is 0 Å². The van der Waals surface area contributed by atoms with E-state index < -0.39 is 17.6 Å². The van der Waals surface area contributed by atoms with Crippen LogP contribution in [-0.2, 0) is 9.59 Å². The molecule has 1 N–H and O–H groups in total. The van der Waals surface area contributed by atoms with Gasteiger partial charge in [-0.05, 0) is 30.3 Å². The molecular weight excluding hydrogens is 440 g/mol. The number of nitrogens with zero attached hydrogens (tertiary/aromatic N) is 2. The Hall–Kier alpha value is -3.53. The Morgan fingerprint density at radius 3 is 2.75 bits per heavy atom. The molecule has 1 fully saturated rings. The van der Waals surface area contributed by atoms with Crippen molar-refractivity contribution in [3.05, 3.63) is 53.4 Å². The van der Waals surface area contributed by atoms with E-state index in [2.05, 4.69) is 10.3 Å². The highest BCUT2D eigenvalue weighted by molar-refractivity contribution is 7.14. The lowest BCUT2D eigenvalue weighted by atomic mass is 10.1. The maximum Gasteiger partial charge on any atom is 0.231 e. The number of benzene rings is 2. The van der Waals surface area contributed by atoms with Crippen LogP contribution in [0.3, 0.4) is 0 Å². The van der Waals surface area contributed by atoms with Crippen molar-refractivity contribution in [3.63, 3.8) is 0 Å². The first-order valence-electron chi connectivity index (χ1n) is 9.63. The number of aromatic nitrogens is 1. The highest BCUT2D eigenvalue weighted by Gasteiger charge is 2.36. The second kappa shape index (κ2) is 8.91. The number of carbonyl (C=O) groups is 2. The van der Waals surface area contributed by atoms with E-state index >= 15 is 0 Å². The van der Waals surface area contributed by atoms with E-state index in [0.29, 0.717) is 17.2 Å². The molecule has 166 valence electrons. The predicted octanol–water partition coefficient (Wildman–Crippen LogP) is 4.10. The van der Waals surface area contributed by atoms with Crippen molar-refractivity contribution in [3.8, 4) is 22.8 Å². The molecule has 10 heteroatoms. The summed E-state index contributed by atoms with van der Waals surface area (Å²) in [7, 11) is 3.02. The van der Waals surface area contributed by atoms with Crippen LogP contribution in [-0.4, -0.2) is 37.6 Å². The average Bonchev–Trinajstić information content (AvgIpc) is 3.41. The van der Waals surface area contributed by atoms with Gasteiger partial charge < -0.3 is 19.7 Å². The first-order chi connectivity index (χ1) is 15.4. The second-order valence-corrected chi connectivity index (χ2v) is 7.95. The van der Waals surface area contributed by atoms with Gasteiger partial charge in [0.25, 0.3) is 0 Å². The highest BCUT2D eigenvalue weighted by Crippen LogP contribution is 2.36. The molecule has 0 aliphatic carbocycles. The van der Waals surface area contributed by atoms with Gasteiger partial charge in [-0.15, -0.1) is 11.3 Å². The Kier molecular flexibility index (Phi) is 6.04. The molecule has 3 aromatic rings. The summed E-state index contributed by atoms with van der Waals surface area (Å²) >= 11 is 1.09. The third-order valence-corrected chi connectivity index (χ3v) is 5.87. The minimum absolute atomic E-state index is 0.00842. The SMILES string of the molecule is COc1ccc(OC)c(N2CC(C(=O)Nc3nc(-c4cc(F)ccc4F)cs3)CC2=O)c1. The van der Waals surface area contributed by atoms with Crippen LogP contribution < -0.4 is 19.7 Å². The zero-order valence-corrected chi connectivity index (χ0v) is 18.0. The van der Waals surface area contributed by atoms with Crippen LogP contribution in [0.2, 0.25) is 0 Å². The fourth-order valence-corrected chi connectivity index (χ4v) is 4.19. The fraction of sp³-hybridized carbons (Fsp3) is 0.227. The van der Waals surface area contributed by atoms with Gasteiger partial charge in [-0.1, -0.05) is 0 Å². The van der Waals surface area contributed by atoms with Gasteiger partial charge in [0.15, 0.2) is 5.13 Å². The number of carbonyl (C=O) groups excluding carboxylic acids is 2. The largest absolute Gasteiger partial charge is 0.497 e. The maximum absolute atomic E-state index is 14.0. The van der Waals surface area contributed by atoms with Crippen LogP contribution in [0.4, 0.5) is 19.6 Å². The summed E-state index contributed by atoms with van der Waals surface area (Å²) in [6.07, 6.45) is 0.0168. The van der Waals surface area contributed by atoms with E-state index in [0.717, 1.165) is 29.5 Å². The molecule has 4 rings (SSSR count). The highest BCUT2D eigenvalue weighted by atomic mass is 32.1. The fourth-order valence-electron chi connectivity index (χ4n) is 3.48. The summed E-state index contributed by atoms with van der Waals surface area (Å²) < 4.78 is 38.0. The summed E-state index contributed by atoms with van der Waals surface area (Å²) in [5, 5.41) is 4.43. The van der Waals surface area contributed by atoms with E-state index in [-0.39, 0.29) is 41.2 Å². The van der Waals surface area contributed by atoms with Crippen LogP contribution >= 0.6 is 11.3 Å². The van der Waals surface area contributed by atoms with Crippen molar-refractivity contribution in [2.24, 2.45) is 5.92 Å². The molecule has 1 aromatic heterocycles. The summed E-state index contributed by atoms with van der Waals surface area (Å²) in [5.41, 5.74) is 0.742. The van der Waals surface area contributed by atoms with E-state index in [9.17, 15) is 18.4 Å². The third kappa shape index (κ3) is 4.26. The van der Waals surface area contributed by atoms with Gasteiger partial charge in [0, 0.05) is 30.0 Å². The Morgan fingerprint density at radius 2 is 2.00 bits per heavy atom. The second-order valence-electron chi connectivity index (χ2n) is 7.09. The van der Waals surface area contributed by atoms with E-state index in [1.807, 2.05) is 0 Å². The van der Waals surface area contributed by atoms with E-state index in [1.165, 1.54) is 24.5 Å². The zero-order valence-electron chi connectivity index (χ0n) is 17.2. The van der Waals surface area contributed by atoms with Gasteiger partial charge in [0.2, 0.25) is 11.8 Å². The van der Waals surface area contributed by atoms with E-state index in [1.54, 1.807) is 18.2 Å². The lowest BCUT2D eigenvalue weighted by Crippen LogP contribution is -2.28. The lowest BCUT2D eigenvalue weighted by Gasteiger charge is -2.20. The standard InChI is InChI=1S/C22H19F2N3O4S/c1-30-14-4-6-19(31-2)18(9-14)27-10-12(7-20(27)28)21(29)26-22-25-17(11-32-22)15-8-13(23)3-5-16(15)24/h3-6,8-9,11-12H,7,10H2,1-2H3,(H,25,26,29). The number of anilines is 2. The van der Waals surface area contributed by atoms with Gasteiger partial charge in [-0.25, -0.2) is 13.8 Å². The summed E-state index contributed by atoms with van der Waals surface area (Å²) in [4.78, 5) is 31.1. The van der Waals surface area contributed by atoms with Crippen molar-refractivity contribution in [1.29, 1.82) is 0 Å². The van der Waals surface area contributed by atoms with Crippen LogP contribution in [0.15, 0.2) is 41.8 Å². The topological polar surface area (TPSA) is 80.8 Å². The minimum atomic E-state index is -0.614. The molecule has 1 aliphatic rings. The molecule has 32 heavy (non-hydrogen) atoms. The molecule has 1 unspecified atom stereocenters. The van der Waals surface area contributed by atoms with Crippen LogP contribution in [0, 0.1) is 17.6 Å². The number of methoxy groups -OCH3 is 2. The van der Waals surface area contributed by atoms with Crippen molar-refractivity contribution < 1.29 is 27.8 Å². The number of hydrogen-bond donors (Lipinski definition) is 1. The first-order valence-corrected chi connectivity index (χ1v) is 10.5. The number of ether oxygens (including phenoxy) is 2. The summed E-state index contributed by atoms with van der Waals surface area (Å²) in [6, 6.07) is 8.18. The molecule has 1 atom stereocenters. The van der Waals surface area contributed by atoms with Gasteiger partial charge in [-0.2, -0.15) is 0 Å². The minimum Gasteiger partial charge on any atom is -0.497 e. The van der Waals surface area contributed by atoms with Crippen molar-refractivity contribution >= 4 is 34.0 Å². The molecule has 2 amide bonds. The van der Waals surface area contributed by atoms with Gasteiger partial charge in [-0.3, -0.25) is 9.59 Å². The molecule has 0 spiro atoms. The Balaban J connectivity index is 1.48. The quantitative estimate of drug-likeness (QED) is 0.601. The number of halogens is 2. The van der Waals surface area contributed by atoms with E-state index in [4.69, 9.17) is 9.47 Å². The monoisotopic (exact) mass is 459 g/mol. The smallest absolute Gasteiger partial charge is 0.231 e. The third-order valence-electron chi connectivity index (χ3n) is 5.11. The number of amides is 2.